The number of benzene rings is 1. The Bertz CT molecular complexity index is 323. The van der Waals surface area contributed by atoms with E-state index >= 15 is 0 Å². The second-order valence-corrected chi connectivity index (χ2v) is 5.24. The normalized spacial score (nSPS) is 23.5. The predicted octanol–water partition coefficient (Wildman–Crippen LogP) is 2.33. The van der Waals surface area contributed by atoms with Gasteiger partial charge in [0.15, 0.2) is 0 Å². The Kier molecular flexibility index (Phi) is 4.57. The fourth-order valence-corrected chi connectivity index (χ4v) is 3.01. The zero-order valence-corrected chi connectivity index (χ0v) is 11.0. The Balaban J connectivity index is 2.11. The number of piperidine rings is 1. The molecule has 1 saturated heterocycles. The lowest BCUT2D eigenvalue weighted by molar-refractivity contribution is 0.186. The summed E-state index contributed by atoms with van der Waals surface area (Å²) in [7, 11) is 4.30. The Morgan fingerprint density at radius 1 is 1.35 bits per heavy atom. The largest absolute Gasteiger partial charge is 0.319 e. The number of rotatable bonds is 4. The molecule has 0 aromatic heterocycles. The van der Waals surface area contributed by atoms with Crippen molar-refractivity contribution in [2.45, 2.75) is 18.8 Å². The van der Waals surface area contributed by atoms with Gasteiger partial charge >= 0.3 is 0 Å². The van der Waals surface area contributed by atoms with Gasteiger partial charge in [-0.2, -0.15) is 0 Å². The lowest BCUT2D eigenvalue weighted by Crippen LogP contribution is -2.37. The van der Waals surface area contributed by atoms with Crippen molar-refractivity contribution in [2.24, 2.45) is 5.92 Å². The van der Waals surface area contributed by atoms with Crippen molar-refractivity contribution in [3.8, 4) is 0 Å². The van der Waals surface area contributed by atoms with Crippen LogP contribution in [0.25, 0.3) is 0 Å². The maximum absolute atomic E-state index is 3.36. The van der Waals surface area contributed by atoms with E-state index in [1.807, 2.05) is 0 Å². The van der Waals surface area contributed by atoms with Crippen molar-refractivity contribution in [3.05, 3.63) is 35.9 Å². The van der Waals surface area contributed by atoms with Crippen molar-refractivity contribution in [1.82, 2.24) is 10.2 Å². The first-order chi connectivity index (χ1) is 8.31. The molecule has 94 valence electrons. The molecule has 2 atom stereocenters. The minimum Gasteiger partial charge on any atom is -0.319 e. The zero-order valence-electron chi connectivity index (χ0n) is 11.0. The number of likely N-dealkylation sites (N-methyl/N-ethyl adjacent to an activating group) is 1. The fraction of sp³-hybridized carbons (Fsp3) is 0.600. The average Bonchev–Trinajstić information content (AvgIpc) is 2.37. The molecule has 17 heavy (non-hydrogen) atoms. The fourth-order valence-electron chi connectivity index (χ4n) is 3.01. The SMILES string of the molecule is CNCC(c1ccccc1)C1CCCN(C)C1. The van der Waals surface area contributed by atoms with Gasteiger partial charge in [-0.25, -0.2) is 0 Å². The minimum atomic E-state index is 0.656. The van der Waals surface area contributed by atoms with Gasteiger partial charge in [-0.05, 0) is 45.0 Å². The van der Waals surface area contributed by atoms with Crippen LogP contribution >= 0.6 is 0 Å². The van der Waals surface area contributed by atoms with Crippen molar-refractivity contribution >= 4 is 0 Å². The lowest BCUT2D eigenvalue weighted by atomic mass is 9.81. The van der Waals surface area contributed by atoms with Crippen LogP contribution in [0.1, 0.15) is 24.3 Å². The highest BCUT2D eigenvalue weighted by molar-refractivity contribution is 5.21. The highest BCUT2D eigenvalue weighted by Crippen LogP contribution is 2.30. The smallest absolute Gasteiger partial charge is 0.00203 e. The third-order valence-electron chi connectivity index (χ3n) is 3.88. The lowest BCUT2D eigenvalue weighted by Gasteiger charge is -2.35. The molecule has 2 unspecified atom stereocenters. The molecule has 2 rings (SSSR count). The summed E-state index contributed by atoms with van der Waals surface area (Å²) in [6.45, 7) is 3.58. The summed E-state index contributed by atoms with van der Waals surface area (Å²) < 4.78 is 0. The van der Waals surface area contributed by atoms with E-state index in [4.69, 9.17) is 0 Å². The Morgan fingerprint density at radius 2 is 2.12 bits per heavy atom. The van der Waals surface area contributed by atoms with Gasteiger partial charge in [-0.3, -0.25) is 0 Å². The molecule has 0 spiro atoms. The summed E-state index contributed by atoms with van der Waals surface area (Å²) >= 11 is 0. The van der Waals surface area contributed by atoms with Crippen LogP contribution in [0.5, 0.6) is 0 Å². The molecule has 1 heterocycles. The van der Waals surface area contributed by atoms with Crippen LogP contribution in [0.15, 0.2) is 30.3 Å². The molecule has 2 heteroatoms. The first kappa shape index (κ1) is 12.6. The number of nitrogens with one attached hydrogen (secondary N) is 1. The molecule has 1 aliphatic heterocycles. The standard InChI is InChI=1S/C15H24N2/c1-16-11-15(13-7-4-3-5-8-13)14-9-6-10-17(2)12-14/h3-5,7-8,14-16H,6,9-12H2,1-2H3. The van der Waals surface area contributed by atoms with Crippen molar-refractivity contribution in [3.63, 3.8) is 0 Å². The molecule has 1 fully saturated rings. The zero-order chi connectivity index (χ0) is 12.1. The summed E-state index contributed by atoms with van der Waals surface area (Å²) in [4.78, 5) is 2.47. The van der Waals surface area contributed by atoms with Crippen LogP contribution in [0.3, 0.4) is 0 Å². The minimum absolute atomic E-state index is 0.656. The summed E-state index contributed by atoms with van der Waals surface area (Å²) in [5, 5.41) is 3.36. The summed E-state index contributed by atoms with van der Waals surface area (Å²) in [6.07, 6.45) is 2.71. The van der Waals surface area contributed by atoms with Crippen molar-refractivity contribution in [1.29, 1.82) is 0 Å². The first-order valence-electron chi connectivity index (χ1n) is 6.69. The Morgan fingerprint density at radius 3 is 2.76 bits per heavy atom. The van der Waals surface area contributed by atoms with E-state index in [9.17, 15) is 0 Å². The molecule has 0 bridgehead atoms. The second-order valence-electron chi connectivity index (χ2n) is 5.24. The molecule has 1 aromatic rings. The number of nitrogens with zero attached hydrogens (tertiary/aromatic N) is 1. The van der Waals surface area contributed by atoms with Crippen LogP contribution in [-0.2, 0) is 0 Å². The second kappa shape index (κ2) is 6.18. The van der Waals surface area contributed by atoms with E-state index in [1.54, 1.807) is 0 Å². The van der Waals surface area contributed by atoms with Crippen LogP contribution in [-0.4, -0.2) is 38.6 Å². The molecule has 0 aliphatic carbocycles. The van der Waals surface area contributed by atoms with E-state index in [1.165, 1.54) is 31.5 Å². The number of hydrogen-bond acceptors (Lipinski definition) is 2. The third-order valence-corrected chi connectivity index (χ3v) is 3.88. The highest BCUT2D eigenvalue weighted by Gasteiger charge is 2.26. The van der Waals surface area contributed by atoms with Gasteiger partial charge in [0.05, 0.1) is 0 Å². The van der Waals surface area contributed by atoms with Gasteiger partial charge in [0.25, 0.3) is 0 Å². The molecule has 1 aliphatic rings. The molecule has 0 saturated carbocycles. The van der Waals surface area contributed by atoms with Crippen LogP contribution in [0.4, 0.5) is 0 Å². The number of hydrogen-bond donors (Lipinski definition) is 1. The maximum atomic E-state index is 3.36. The molecule has 1 N–H and O–H groups in total. The molecule has 0 radical (unpaired) electrons. The Hall–Kier alpha value is -0.860. The van der Waals surface area contributed by atoms with Crippen molar-refractivity contribution in [2.75, 3.05) is 33.7 Å². The molecular weight excluding hydrogens is 208 g/mol. The van der Waals surface area contributed by atoms with Gasteiger partial charge in [0.2, 0.25) is 0 Å². The molecule has 2 nitrogen and oxygen atoms in total. The van der Waals surface area contributed by atoms with E-state index in [0.29, 0.717) is 5.92 Å². The van der Waals surface area contributed by atoms with Gasteiger partial charge in [-0.15, -0.1) is 0 Å². The van der Waals surface area contributed by atoms with Crippen LogP contribution in [0, 0.1) is 5.92 Å². The van der Waals surface area contributed by atoms with E-state index < -0.39 is 0 Å². The molecular formula is C15H24N2. The number of likely N-dealkylation sites (tertiary alicyclic amines) is 1. The highest BCUT2D eigenvalue weighted by atomic mass is 15.1. The third kappa shape index (κ3) is 3.30. The summed E-state index contributed by atoms with van der Waals surface area (Å²) in [5.41, 5.74) is 1.49. The van der Waals surface area contributed by atoms with Gasteiger partial charge < -0.3 is 10.2 Å². The summed E-state index contributed by atoms with van der Waals surface area (Å²) in [6, 6.07) is 11.0. The van der Waals surface area contributed by atoms with Gasteiger partial charge in [-0.1, -0.05) is 30.3 Å². The quantitative estimate of drug-likeness (QED) is 0.857. The monoisotopic (exact) mass is 232 g/mol. The topological polar surface area (TPSA) is 15.3 Å². The summed E-state index contributed by atoms with van der Waals surface area (Å²) in [5.74, 6) is 1.45. The van der Waals surface area contributed by atoms with E-state index in [-0.39, 0.29) is 0 Å². The molecule has 0 amide bonds. The van der Waals surface area contributed by atoms with Gasteiger partial charge in [0, 0.05) is 19.0 Å². The van der Waals surface area contributed by atoms with Crippen LogP contribution in [0.2, 0.25) is 0 Å². The Labute approximate surface area is 105 Å². The van der Waals surface area contributed by atoms with Gasteiger partial charge in [0.1, 0.15) is 0 Å². The van der Waals surface area contributed by atoms with Crippen molar-refractivity contribution < 1.29 is 0 Å². The van der Waals surface area contributed by atoms with E-state index in [0.717, 1.165) is 12.5 Å². The predicted molar refractivity (Wildman–Crippen MR) is 73.3 cm³/mol. The molecule has 1 aromatic carbocycles. The maximum Gasteiger partial charge on any atom is 0.00203 e. The van der Waals surface area contributed by atoms with Crippen LogP contribution < -0.4 is 5.32 Å². The first-order valence-corrected chi connectivity index (χ1v) is 6.69. The average molecular weight is 232 g/mol. The van der Waals surface area contributed by atoms with E-state index in [2.05, 4.69) is 54.6 Å².